The van der Waals surface area contributed by atoms with Crippen LogP contribution in [0.25, 0.3) is 0 Å². The van der Waals surface area contributed by atoms with Crippen molar-refractivity contribution in [2.45, 2.75) is 49.7 Å². The van der Waals surface area contributed by atoms with Gasteiger partial charge in [0.05, 0.1) is 19.7 Å². The Hall–Kier alpha value is -1.14. The van der Waals surface area contributed by atoms with Gasteiger partial charge in [0, 0.05) is 20.1 Å². The maximum absolute atomic E-state index is 12.9. The fourth-order valence-electron chi connectivity index (χ4n) is 3.82. The Labute approximate surface area is 125 Å². The summed E-state index contributed by atoms with van der Waals surface area (Å²) in [5, 5.41) is 2.96. The number of hydrogen-bond donors (Lipinski definition) is 1. The molecular weight excluding hydrogens is 272 g/mol. The number of nitrogens with one attached hydrogen (secondary N) is 1. The summed E-state index contributed by atoms with van der Waals surface area (Å²) in [6, 6.07) is 0. The van der Waals surface area contributed by atoms with Gasteiger partial charge in [-0.15, -0.1) is 0 Å². The van der Waals surface area contributed by atoms with Crippen LogP contribution in [0.2, 0.25) is 0 Å². The van der Waals surface area contributed by atoms with Gasteiger partial charge in [0.25, 0.3) is 0 Å². The minimum atomic E-state index is -0.665. The Balaban J connectivity index is 1.78. The number of amides is 2. The van der Waals surface area contributed by atoms with E-state index in [4.69, 9.17) is 9.47 Å². The molecular formula is C15H24N2O4. The molecule has 6 nitrogen and oxygen atoms in total. The molecule has 1 saturated carbocycles. The van der Waals surface area contributed by atoms with E-state index in [1.54, 1.807) is 12.0 Å². The highest BCUT2D eigenvalue weighted by molar-refractivity contribution is 5.98. The van der Waals surface area contributed by atoms with Gasteiger partial charge < -0.3 is 19.7 Å². The number of nitrogens with zero attached hydrogens (tertiary/aromatic N) is 1. The molecule has 0 bridgehead atoms. The van der Waals surface area contributed by atoms with E-state index in [0.717, 1.165) is 38.5 Å². The number of rotatable bonds is 3. The molecule has 1 atom stereocenters. The monoisotopic (exact) mass is 296 g/mol. The van der Waals surface area contributed by atoms with E-state index in [9.17, 15) is 9.59 Å². The van der Waals surface area contributed by atoms with Gasteiger partial charge in [-0.05, 0) is 12.8 Å². The Kier molecular flexibility index (Phi) is 3.92. The molecule has 0 radical (unpaired) electrons. The van der Waals surface area contributed by atoms with Crippen LogP contribution in [-0.4, -0.2) is 61.3 Å². The minimum absolute atomic E-state index is 0.0540. The molecule has 3 rings (SSSR count). The summed E-state index contributed by atoms with van der Waals surface area (Å²) in [5.41, 5.74) is -1.12. The van der Waals surface area contributed by atoms with Gasteiger partial charge in [-0.1, -0.05) is 19.3 Å². The molecule has 2 saturated heterocycles. The van der Waals surface area contributed by atoms with E-state index in [1.807, 2.05) is 0 Å². The number of methoxy groups -OCH3 is 1. The van der Waals surface area contributed by atoms with Crippen LogP contribution in [0.4, 0.5) is 0 Å². The van der Waals surface area contributed by atoms with Crippen LogP contribution in [0, 0.1) is 0 Å². The lowest BCUT2D eigenvalue weighted by Crippen LogP contribution is -2.68. The lowest BCUT2D eigenvalue weighted by molar-refractivity contribution is -0.156. The van der Waals surface area contributed by atoms with E-state index >= 15 is 0 Å². The standard InChI is InChI=1S/C15H24N2O4/c1-20-14(7-8-21-11-14)10-17-9-12(18)16-15(13(17)19)5-3-2-4-6-15/h2-11H2,1H3,(H,16,18). The number of ether oxygens (including phenoxy) is 2. The van der Waals surface area contributed by atoms with Crippen molar-refractivity contribution >= 4 is 11.8 Å². The number of hydrogen-bond acceptors (Lipinski definition) is 4. The molecule has 2 aliphatic heterocycles. The van der Waals surface area contributed by atoms with E-state index in [1.165, 1.54) is 0 Å². The molecule has 0 aromatic rings. The largest absolute Gasteiger partial charge is 0.378 e. The number of carbonyl (C=O) groups is 2. The van der Waals surface area contributed by atoms with Crippen molar-refractivity contribution < 1.29 is 19.1 Å². The van der Waals surface area contributed by atoms with Gasteiger partial charge >= 0.3 is 0 Å². The van der Waals surface area contributed by atoms with Crippen molar-refractivity contribution in [1.29, 1.82) is 0 Å². The Bertz CT molecular complexity index is 425. The summed E-state index contributed by atoms with van der Waals surface area (Å²) in [5.74, 6) is 0.00629. The molecule has 1 spiro atoms. The summed E-state index contributed by atoms with van der Waals surface area (Å²) in [6.45, 7) is 1.71. The average Bonchev–Trinajstić information content (AvgIpc) is 2.94. The van der Waals surface area contributed by atoms with Crippen LogP contribution >= 0.6 is 0 Å². The summed E-state index contributed by atoms with van der Waals surface area (Å²) in [7, 11) is 1.65. The Morgan fingerprint density at radius 3 is 2.62 bits per heavy atom. The third-order valence-electron chi connectivity index (χ3n) is 5.10. The predicted octanol–water partition coefficient (Wildman–Crippen LogP) is 0.453. The first-order valence-electron chi connectivity index (χ1n) is 7.83. The van der Waals surface area contributed by atoms with Crippen molar-refractivity contribution in [3.63, 3.8) is 0 Å². The Morgan fingerprint density at radius 2 is 2.00 bits per heavy atom. The van der Waals surface area contributed by atoms with Crippen LogP contribution in [0.15, 0.2) is 0 Å². The first-order chi connectivity index (χ1) is 10.1. The van der Waals surface area contributed by atoms with Crippen molar-refractivity contribution in [2.75, 3.05) is 33.4 Å². The van der Waals surface area contributed by atoms with Gasteiger partial charge in [0.2, 0.25) is 11.8 Å². The predicted molar refractivity (Wildman–Crippen MR) is 75.7 cm³/mol. The van der Waals surface area contributed by atoms with Gasteiger partial charge in [-0.25, -0.2) is 0 Å². The van der Waals surface area contributed by atoms with E-state index in [-0.39, 0.29) is 18.4 Å². The van der Waals surface area contributed by atoms with E-state index in [0.29, 0.717) is 19.8 Å². The number of piperazine rings is 1. The fraction of sp³-hybridized carbons (Fsp3) is 0.867. The first-order valence-corrected chi connectivity index (χ1v) is 7.83. The second-order valence-electron chi connectivity index (χ2n) is 6.54. The average molecular weight is 296 g/mol. The smallest absolute Gasteiger partial charge is 0.248 e. The second kappa shape index (κ2) is 5.57. The molecule has 118 valence electrons. The lowest BCUT2D eigenvalue weighted by atomic mass is 9.79. The third-order valence-corrected chi connectivity index (χ3v) is 5.10. The molecule has 0 aromatic carbocycles. The highest BCUT2D eigenvalue weighted by Crippen LogP contribution is 2.33. The van der Waals surface area contributed by atoms with Gasteiger partial charge in [-0.3, -0.25) is 9.59 Å². The zero-order valence-corrected chi connectivity index (χ0v) is 12.7. The van der Waals surface area contributed by atoms with Gasteiger partial charge in [0.1, 0.15) is 11.1 Å². The van der Waals surface area contributed by atoms with E-state index in [2.05, 4.69) is 5.32 Å². The fourth-order valence-corrected chi connectivity index (χ4v) is 3.82. The van der Waals surface area contributed by atoms with Crippen LogP contribution in [0.1, 0.15) is 38.5 Å². The van der Waals surface area contributed by atoms with Crippen LogP contribution in [-0.2, 0) is 19.1 Å². The topological polar surface area (TPSA) is 67.9 Å². The first kappa shape index (κ1) is 14.8. The highest BCUT2D eigenvalue weighted by Gasteiger charge is 2.49. The van der Waals surface area contributed by atoms with Crippen LogP contribution < -0.4 is 5.32 Å². The highest BCUT2D eigenvalue weighted by atomic mass is 16.5. The molecule has 3 fully saturated rings. The molecule has 1 N–H and O–H groups in total. The van der Waals surface area contributed by atoms with Crippen molar-refractivity contribution in [3.05, 3.63) is 0 Å². The summed E-state index contributed by atoms with van der Waals surface area (Å²) in [4.78, 5) is 26.7. The molecule has 3 aliphatic rings. The maximum Gasteiger partial charge on any atom is 0.248 e. The zero-order chi connectivity index (χ0) is 14.9. The third kappa shape index (κ3) is 2.66. The maximum atomic E-state index is 12.9. The van der Waals surface area contributed by atoms with Crippen molar-refractivity contribution in [3.8, 4) is 0 Å². The lowest BCUT2D eigenvalue weighted by Gasteiger charge is -2.46. The van der Waals surface area contributed by atoms with Crippen LogP contribution in [0.5, 0.6) is 0 Å². The van der Waals surface area contributed by atoms with Crippen LogP contribution in [0.3, 0.4) is 0 Å². The SMILES string of the molecule is COC1(CN2CC(=O)NC3(CCCCC3)C2=O)CCOC1. The minimum Gasteiger partial charge on any atom is -0.378 e. The summed E-state index contributed by atoms with van der Waals surface area (Å²) >= 11 is 0. The summed E-state index contributed by atoms with van der Waals surface area (Å²) < 4.78 is 11.0. The second-order valence-corrected chi connectivity index (χ2v) is 6.54. The van der Waals surface area contributed by atoms with E-state index < -0.39 is 11.1 Å². The Morgan fingerprint density at radius 1 is 1.24 bits per heavy atom. The molecule has 2 heterocycles. The molecule has 0 aromatic heterocycles. The zero-order valence-electron chi connectivity index (χ0n) is 12.7. The van der Waals surface area contributed by atoms with Crippen molar-refractivity contribution in [2.24, 2.45) is 0 Å². The normalized spacial score (nSPS) is 32.5. The summed E-state index contributed by atoms with van der Waals surface area (Å²) in [6.07, 6.45) is 5.41. The molecule has 2 amide bonds. The molecule has 21 heavy (non-hydrogen) atoms. The molecule has 6 heteroatoms. The van der Waals surface area contributed by atoms with Gasteiger partial charge in [-0.2, -0.15) is 0 Å². The molecule has 1 unspecified atom stereocenters. The quantitative estimate of drug-likeness (QED) is 0.821. The van der Waals surface area contributed by atoms with Crippen molar-refractivity contribution in [1.82, 2.24) is 10.2 Å². The molecule has 1 aliphatic carbocycles. The van der Waals surface area contributed by atoms with Gasteiger partial charge in [0.15, 0.2) is 0 Å². The number of carbonyl (C=O) groups excluding carboxylic acids is 2.